The lowest BCUT2D eigenvalue weighted by molar-refractivity contribution is -0.116. The van der Waals surface area contributed by atoms with Crippen molar-refractivity contribution in [3.8, 4) is 0 Å². The number of hydrogen-bond acceptors (Lipinski definition) is 4. The fourth-order valence-corrected chi connectivity index (χ4v) is 3.56. The molecule has 1 atom stereocenters. The number of carboxylic acid groups (broad SMARTS) is 1. The summed E-state index contributed by atoms with van der Waals surface area (Å²) in [5, 5.41) is 14.6. The number of amides is 3. The van der Waals surface area contributed by atoms with Crippen molar-refractivity contribution >= 4 is 35.1 Å². The number of aromatic carboxylic acids is 1. The molecular weight excluding hydrogens is 398 g/mol. The number of rotatable bonds is 5. The van der Waals surface area contributed by atoms with E-state index in [0.717, 1.165) is 0 Å². The molecule has 3 amide bonds. The van der Waals surface area contributed by atoms with E-state index >= 15 is 0 Å². The summed E-state index contributed by atoms with van der Waals surface area (Å²) in [4.78, 5) is 48.4. The second-order valence-corrected chi connectivity index (χ2v) is 7.02. The second-order valence-electron chi connectivity index (χ2n) is 7.02. The first-order chi connectivity index (χ1) is 14.8. The van der Waals surface area contributed by atoms with E-state index in [0.29, 0.717) is 22.4 Å². The zero-order valence-corrected chi connectivity index (χ0v) is 16.1. The number of nitrogens with two attached hydrogens (primary N) is 1. The summed E-state index contributed by atoms with van der Waals surface area (Å²) in [6.07, 6.45) is 0. The largest absolute Gasteiger partial charge is 0.478 e. The zero-order chi connectivity index (χ0) is 22.1. The van der Waals surface area contributed by atoms with Crippen LogP contribution in [0.2, 0.25) is 0 Å². The third-order valence-electron chi connectivity index (χ3n) is 5.06. The number of primary amides is 1. The standard InChI is InChI=1S/C23H17N3O5/c24-20(27)13-6-8-15(17(10-13)25-21(28)12-4-2-1-3-5-12)19-16-9-7-14(23(30)31)11-18(16)26-22(19)29/h1-11,19H,(H2,24,27)(H,25,28)(H,26,29)(H,30,31). The van der Waals surface area contributed by atoms with Gasteiger partial charge in [-0.25, -0.2) is 4.79 Å². The van der Waals surface area contributed by atoms with E-state index in [1.54, 1.807) is 42.5 Å². The minimum atomic E-state index is -1.11. The third-order valence-corrected chi connectivity index (χ3v) is 5.06. The maximum absolute atomic E-state index is 12.8. The van der Waals surface area contributed by atoms with Gasteiger partial charge in [0.25, 0.3) is 5.91 Å². The van der Waals surface area contributed by atoms with Gasteiger partial charge in [-0.05, 0) is 47.5 Å². The van der Waals surface area contributed by atoms with Crippen LogP contribution in [-0.2, 0) is 4.79 Å². The zero-order valence-electron chi connectivity index (χ0n) is 16.1. The third kappa shape index (κ3) is 3.74. The summed E-state index contributed by atoms with van der Waals surface area (Å²) in [6, 6.07) is 17.3. The number of fused-ring (bicyclic) bond motifs is 1. The lowest BCUT2D eigenvalue weighted by Gasteiger charge is -2.17. The lowest BCUT2D eigenvalue weighted by atomic mass is 9.89. The summed E-state index contributed by atoms with van der Waals surface area (Å²) in [5.41, 5.74) is 7.68. The van der Waals surface area contributed by atoms with Gasteiger partial charge in [-0.15, -0.1) is 0 Å². The highest BCUT2D eigenvalue weighted by atomic mass is 16.4. The van der Waals surface area contributed by atoms with Gasteiger partial charge in [0.2, 0.25) is 11.8 Å². The molecule has 8 nitrogen and oxygen atoms in total. The highest BCUT2D eigenvalue weighted by Crippen LogP contribution is 2.40. The molecule has 154 valence electrons. The Kier molecular flexibility index (Phi) is 4.96. The molecule has 0 saturated carbocycles. The van der Waals surface area contributed by atoms with E-state index in [2.05, 4.69) is 10.6 Å². The first-order valence-electron chi connectivity index (χ1n) is 9.33. The van der Waals surface area contributed by atoms with E-state index in [1.165, 1.54) is 24.3 Å². The Morgan fingerprint density at radius 2 is 1.55 bits per heavy atom. The van der Waals surface area contributed by atoms with Gasteiger partial charge in [0.1, 0.15) is 0 Å². The molecule has 0 bridgehead atoms. The van der Waals surface area contributed by atoms with Gasteiger partial charge in [0, 0.05) is 22.5 Å². The van der Waals surface area contributed by atoms with Crippen LogP contribution in [-0.4, -0.2) is 28.8 Å². The average molecular weight is 415 g/mol. The molecule has 0 spiro atoms. The van der Waals surface area contributed by atoms with Gasteiger partial charge < -0.3 is 21.5 Å². The number of carbonyl (C=O) groups is 4. The molecule has 3 aromatic carbocycles. The Morgan fingerprint density at radius 1 is 0.871 bits per heavy atom. The summed E-state index contributed by atoms with van der Waals surface area (Å²) < 4.78 is 0. The smallest absolute Gasteiger partial charge is 0.335 e. The Labute approximate surface area is 176 Å². The predicted molar refractivity (Wildman–Crippen MR) is 113 cm³/mol. The van der Waals surface area contributed by atoms with Crippen molar-refractivity contribution in [1.82, 2.24) is 0 Å². The van der Waals surface area contributed by atoms with E-state index < -0.39 is 23.7 Å². The molecule has 1 aliphatic heterocycles. The lowest BCUT2D eigenvalue weighted by Crippen LogP contribution is -2.19. The molecule has 1 unspecified atom stereocenters. The summed E-state index contributed by atoms with van der Waals surface area (Å²) >= 11 is 0. The van der Waals surface area contributed by atoms with Crippen molar-refractivity contribution in [2.24, 2.45) is 5.73 Å². The van der Waals surface area contributed by atoms with Gasteiger partial charge in [0.05, 0.1) is 11.5 Å². The van der Waals surface area contributed by atoms with Crippen LogP contribution in [0.1, 0.15) is 48.1 Å². The summed E-state index contributed by atoms with van der Waals surface area (Å²) in [5.74, 6) is -3.37. The quantitative estimate of drug-likeness (QED) is 0.508. The van der Waals surface area contributed by atoms with Crippen LogP contribution < -0.4 is 16.4 Å². The number of carboxylic acids is 1. The topological polar surface area (TPSA) is 139 Å². The van der Waals surface area contributed by atoms with Gasteiger partial charge >= 0.3 is 5.97 Å². The Morgan fingerprint density at radius 3 is 2.23 bits per heavy atom. The minimum absolute atomic E-state index is 0.0429. The monoisotopic (exact) mass is 415 g/mol. The van der Waals surface area contributed by atoms with Crippen molar-refractivity contribution in [1.29, 1.82) is 0 Å². The maximum Gasteiger partial charge on any atom is 0.335 e. The van der Waals surface area contributed by atoms with Gasteiger partial charge in [-0.2, -0.15) is 0 Å². The average Bonchev–Trinajstić information content (AvgIpc) is 3.09. The van der Waals surface area contributed by atoms with Crippen LogP contribution in [0.3, 0.4) is 0 Å². The number of hydrogen-bond donors (Lipinski definition) is 4. The van der Waals surface area contributed by atoms with E-state index in [-0.39, 0.29) is 22.7 Å². The number of anilines is 2. The Balaban J connectivity index is 1.78. The summed E-state index contributed by atoms with van der Waals surface area (Å²) in [7, 11) is 0. The molecule has 0 aliphatic carbocycles. The van der Waals surface area contributed by atoms with Crippen LogP contribution in [0, 0.1) is 0 Å². The van der Waals surface area contributed by atoms with Crippen LogP contribution in [0.25, 0.3) is 0 Å². The predicted octanol–water partition coefficient (Wildman–Crippen LogP) is 2.82. The van der Waals surface area contributed by atoms with Crippen LogP contribution >= 0.6 is 0 Å². The van der Waals surface area contributed by atoms with E-state index in [9.17, 15) is 24.3 Å². The van der Waals surface area contributed by atoms with Crippen LogP contribution in [0.15, 0.2) is 66.7 Å². The van der Waals surface area contributed by atoms with Crippen molar-refractivity contribution in [3.63, 3.8) is 0 Å². The highest BCUT2D eigenvalue weighted by Gasteiger charge is 2.34. The van der Waals surface area contributed by atoms with E-state index in [4.69, 9.17) is 5.73 Å². The number of carbonyl (C=O) groups excluding carboxylic acids is 3. The molecule has 5 N–H and O–H groups in total. The molecule has 3 aromatic rings. The van der Waals surface area contributed by atoms with Crippen molar-refractivity contribution in [2.45, 2.75) is 5.92 Å². The normalized spacial score (nSPS) is 14.5. The molecule has 0 fully saturated rings. The molecule has 0 aromatic heterocycles. The Bertz CT molecular complexity index is 1240. The minimum Gasteiger partial charge on any atom is -0.478 e. The highest BCUT2D eigenvalue weighted by molar-refractivity contribution is 6.09. The molecule has 1 heterocycles. The number of nitrogens with one attached hydrogen (secondary N) is 2. The van der Waals surface area contributed by atoms with Gasteiger partial charge in [0.15, 0.2) is 0 Å². The first-order valence-corrected chi connectivity index (χ1v) is 9.33. The number of benzene rings is 3. The SMILES string of the molecule is NC(=O)c1ccc(C2C(=O)Nc3cc(C(=O)O)ccc32)c(NC(=O)c2ccccc2)c1. The second kappa shape index (κ2) is 7.75. The maximum atomic E-state index is 12.8. The molecule has 4 rings (SSSR count). The van der Waals surface area contributed by atoms with Crippen molar-refractivity contribution in [2.75, 3.05) is 10.6 Å². The molecule has 0 saturated heterocycles. The van der Waals surface area contributed by atoms with Crippen molar-refractivity contribution < 1.29 is 24.3 Å². The molecule has 8 heteroatoms. The molecular formula is C23H17N3O5. The van der Waals surface area contributed by atoms with Crippen LogP contribution in [0.4, 0.5) is 11.4 Å². The van der Waals surface area contributed by atoms with Gasteiger partial charge in [-0.3, -0.25) is 14.4 Å². The fourth-order valence-electron chi connectivity index (χ4n) is 3.56. The first kappa shape index (κ1) is 19.8. The van der Waals surface area contributed by atoms with Crippen molar-refractivity contribution in [3.05, 3.63) is 94.5 Å². The molecule has 1 aliphatic rings. The summed E-state index contributed by atoms with van der Waals surface area (Å²) in [6.45, 7) is 0. The molecule has 0 radical (unpaired) electrons. The Hall–Kier alpha value is -4.46. The van der Waals surface area contributed by atoms with Crippen LogP contribution in [0.5, 0.6) is 0 Å². The van der Waals surface area contributed by atoms with E-state index in [1.807, 2.05) is 0 Å². The molecule has 31 heavy (non-hydrogen) atoms. The fraction of sp³-hybridized carbons (Fsp3) is 0.0435. The van der Waals surface area contributed by atoms with Gasteiger partial charge in [-0.1, -0.05) is 30.3 Å².